The fourth-order valence-electron chi connectivity index (χ4n) is 3.02. The number of hydrogen-bond donors (Lipinski definition) is 1. The van der Waals surface area contributed by atoms with Gasteiger partial charge in [0.15, 0.2) is 5.16 Å². The number of H-pyrrole nitrogens is 1. The first-order valence-electron chi connectivity index (χ1n) is 7.98. The van der Waals surface area contributed by atoms with Crippen LogP contribution < -0.4 is 5.56 Å². The van der Waals surface area contributed by atoms with Crippen LogP contribution in [0.3, 0.4) is 0 Å². The van der Waals surface area contributed by atoms with Gasteiger partial charge in [-0.3, -0.25) is 9.59 Å². The molecule has 0 radical (unpaired) electrons. The van der Waals surface area contributed by atoms with Crippen LogP contribution in [0.5, 0.6) is 0 Å². The van der Waals surface area contributed by atoms with Crippen molar-refractivity contribution in [1.29, 1.82) is 0 Å². The zero-order valence-electron chi connectivity index (χ0n) is 13.6. The lowest BCUT2D eigenvalue weighted by Gasteiger charge is -2.34. The molecule has 0 saturated carbocycles. The number of amides is 1. The van der Waals surface area contributed by atoms with Crippen LogP contribution in [0.2, 0.25) is 0 Å². The van der Waals surface area contributed by atoms with Crippen molar-refractivity contribution in [1.82, 2.24) is 14.9 Å². The number of nitrogens with zero attached hydrogens (tertiary/aromatic N) is 2. The lowest BCUT2D eigenvalue weighted by Crippen LogP contribution is -2.43. The molecule has 1 N–H and O–H groups in total. The van der Waals surface area contributed by atoms with E-state index in [1.807, 2.05) is 4.90 Å². The second-order valence-corrected chi connectivity index (χ2v) is 7.29. The smallest absolute Gasteiger partial charge is 0.251 e. The quantitative estimate of drug-likeness (QED) is 0.667. The molecule has 0 spiro atoms. The average Bonchev–Trinajstić information content (AvgIpc) is 2.43. The van der Waals surface area contributed by atoms with E-state index in [0.717, 1.165) is 31.6 Å². The van der Waals surface area contributed by atoms with Gasteiger partial charge in [-0.25, -0.2) is 4.98 Å². The minimum atomic E-state index is -0.145. The number of hydrogen-bond acceptors (Lipinski definition) is 4. The van der Waals surface area contributed by atoms with Gasteiger partial charge in [0.1, 0.15) is 0 Å². The van der Waals surface area contributed by atoms with Crippen molar-refractivity contribution in [2.45, 2.75) is 45.2 Å². The number of rotatable bonds is 5. The maximum absolute atomic E-state index is 12.3. The van der Waals surface area contributed by atoms with E-state index in [1.54, 1.807) is 0 Å². The van der Waals surface area contributed by atoms with E-state index in [0.29, 0.717) is 22.7 Å². The lowest BCUT2D eigenvalue weighted by molar-refractivity contribution is -0.130. The summed E-state index contributed by atoms with van der Waals surface area (Å²) in [5.41, 5.74) is 0.648. The van der Waals surface area contributed by atoms with Crippen LogP contribution in [0.4, 0.5) is 0 Å². The highest BCUT2D eigenvalue weighted by Crippen LogP contribution is 2.22. The molecule has 22 heavy (non-hydrogen) atoms. The van der Waals surface area contributed by atoms with Gasteiger partial charge in [0.25, 0.3) is 5.56 Å². The number of likely N-dealkylation sites (tertiary alicyclic amines) is 1. The molecule has 2 heterocycles. The van der Waals surface area contributed by atoms with Crippen LogP contribution >= 0.6 is 11.8 Å². The largest absolute Gasteiger partial charge is 0.341 e. The Bertz CT molecular complexity index is 563. The fraction of sp³-hybridized carbons (Fsp3) is 0.688. The van der Waals surface area contributed by atoms with Crippen molar-refractivity contribution in [2.24, 2.45) is 11.8 Å². The molecule has 122 valence electrons. The van der Waals surface area contributed by atoms with Crippen LogP contribution in [-0.2, 0) is 11.2 Å². The molecule has 1 aliphatic heterocycles. The molecular weight excluding hydrogens is 298 g/mol. The van der Waals surface area contributed by atoms with Crippen LogP contribution in [0.25, 0.3) is 0 Å². The average molecular weight is 323 g/mol. The van der Waals surface area contributed by atoms with Gasteiger partial charge in [-0.1, -0.05) is 39.0 Å². The molecule has 1 aliphatic rings. The predicted octanol–water partition coefficient (Wildman–Crippen LogP) is 2.32. The molecule has 2 rings (SSSR count). The summed E-state index contributed by atoms with van der Waals surface area (Å²) in [7, 11) is 0. The summed E-state index contributed by atoms with van der Waals surface area (Å²) in [5, 5.41) is 0.544. The molecule has 0 aliphatic carbocycles. The van der Waals surface area contributed by atoms with Crippen LogP contribution in [0.15, 0.2) is 16.0 Å². The van der Waals surface area contributed by atoms with Crippen molar-refractivity contribution >= 4 is 17.7 Å². The van der Waals surface area contributed by atoms with Gasteiger partial charge in [-0.2, -0.15) is 0 Å². The SMILES string of the molecule is CCCc1cc(=O)[nH]c(SCC(=O)N2C[C@H](C)C[C@@H](C)C2)n1. The Morgan fingerprint density at radius 1 is 1.41 bits per heavy atom. The van der Waals surface area contributed by atoms with Crippen molar-refractivity contribution in [3.8, 4) is 0 Å². The van der Waals surface area contributed by atoms with Crippen molar-refractivity contribution in [3.63, 3.8) is 0 Å². The lowest BCUT2D eigenvalue weighted by atomic mass is 9.92. The van der Waals surface area contributed by atoms with Crippen LogP contribution in [-0.4, -0.2) is 39.6 Å². The molecule has 2 atom stereocenters. The van der Waals surface area contributed by atoms with Crippen LogP contribution in [0, 0.1) is 11.8 Å². The third-order valence-electron chi connectivity index (χ3n) is 3.83. The molecule has 1 amide bonds. The minimum Gasteiger partial charge on any atom is -0.341 e. The maximum Gasteiger partial charge on any atom is 0.251 e. The standard InChI is InChI=1S/C16H25N3O2S/c1-4-5-13-7-14(20)18-16(17-13)22-10-15(21)19-8-11(2)6-12(3)9-19/h7,11-12H,4-6,8-10H2,1-3H3,(H,17,18,20)/t11-,12-/m1/s1. The Hall–Kier alpha value is -1.30. The normalized spacial score (nSPS) is 21.9. The maximum atomic E-state index is 12.3. The van der Waals surface area contributed by atoms with E-state index in [-0.39, 0.29) is 11.5 Å². The summed E-state index contributed by atoms with van der Waals surface area (Å²) in [6.45, 7) is 8.11. The number of carbonyl (C=O) groups excluding carboxylic acids is 1. The molecule has 6 heteroatoms. The van der Waals surface area contributed by atoms with E-state index in [2.05, 4.69) is 30.7 Å². The molecule has 0 unspecified atom stereocenters. The summed E-state index contributed by atoms with van der Waals surface area (Å²) >= 11 is 1.32. The highest BCUT2D eigenvalue weighted by molar-refractivity contribution is 7.99. The molecule has 1 fully saturated rings. The van der Waals surface area contributed by atoms with Gasteiger partial charge in [-0.15, -0.1) is 0 Å². The monoisotopic (exact) mass is 323 g/mol. The molecule has 1 aromatic rings. The zero-order valence-corrected chi connectivity index (χ0v) is 14.4. The Morgan fingerprint density at radius 3 is 2.73 bits per heavy atom. The van der Waals surface area contributed by atoms with E-state index >= 15 is 0 Å². The zero-order chi connectivity index (χ0) is 16.1. The number of thioether (sulfide) groups is 1. The summed E-state index contributed by atoms with van der Waals surface area (Å²) in [6.07, 6.45) is 2.92. The summed E-state index contributed by atoms with van der Waals surface area (Å²) in [6, 6.07) is 1.53. The van der Waals surface area contributed by atoms with Gasteiger partial charge in [0.2, 0.25) is 5.91 Å². The van der Waals surface area contributed by atoms with Gasteiger partial charge in [0, 0.05) is 24.8 Å². The second kappa shape index (κ2) is 7.81. The first kappa shape index (κ1) is 17.1. The first-order valence-corrected chi connectivity index (χ1v) is 8.97. The first-order chi connectivity index (χ1) is 10.5. The third-order valence-corrected chi connectivity index (χ3v) is 4.69. The Kier molecular flexibility index (Phi) is 6.06. The Morgan fingerprint density at radius 2 is 2.09 bits per heavy atom. The highest BCUT2D eigenvalue weighted by atomic mass is 32.2. The van der Waals surface area contributed by atoms with E-state index in [4.69, 9.17) is 0 Å². The van der Waals surface area contributed by atoms with E-state index in [9.17, 15) is 9.59 Å². The second-order valence-electron chi connectivity index (χ2n) is 6.33. The summed E-state index contributed by atoms with van der Waals surface area (Å²) < 4.78 is 0. The topological polar surface area (TPSA) is 66.1 Å². The van der Waals surface area contributed by atoms with E-state index in [1.165, 1.54) is 24.2 Å². The molecule has 0 aromatic carbocycles. The van der Waals surface area contributed by atoms with Gasteiger partial charge < -0.3 is 9.88 Å². The predicted molar refractivity (Wildman–Crippen MR) is 89.1 cm³/mol. The van der Waals surface area contributed by atoms with Crippen LogP contribution in [0.1, 0.15) is 39.3 Å². The number of aryl methyl sites for hydroxylation is 1. The van der Waals surface area contributed by atoms with Crippen molar-refractivity contribution in [2.75, 3.05) is 18.8 Å². The highest BCUT2D eigenvalue weighted by Gasteiger charge is 2.25. The minimum absolute atomic E-state index is 0.131. The number of nitrogens with one attached hydrogen (secondary N) is 1. The number of aromatic nitrogens is 2. The molecule has 1 aromatic heterocycles. The molecular formula is C16H25N3O2S. The molecule has 1 saturated heterocycles. The number of aromatic amines is 1. The molecule has 0 bridgehead atoms. The number of piperidine rings is 1. The van der Waals surface area contributed by atoms with Gasteiger partial charge in [0.05, 0.1) is 5.75 Å². The Balaban J connectivity index is 1.94. The van der Waals surface area contributed by atoms with Gasteiger partial charge in [-0.05, 0) is 24.7 Å². The Labute approximate surface area is 135 Å². The van der Waals surface area contributed by atoms with E-state index < -0.39 is 0 Å². The summed E-state index contributed by atoms with van der Waals surface area (Å²) in [4.78, 5) is 33.0. The molecule has 5 nitrogen and oxygen atoms in total. The number of carbonyl (C=O) groups is 1. The van der Waals surface area contributed by atoms with Crippen molar-refractivity contribution < 1.29 is 4.79 Å². The van der Waals surface area contributed by atoms with Crippen molar-refractivity contribution in [3.05, 3.63) is 22.1 Å². The van der Waals surface area contributed by atoms with Gasteiger partial charge >= 0.3 is 0 Å². The third kappa shape index (κ3) is 4.87. The summed E-state index contributed by atoms with van der Waals surface area (Å²) in [5.74, 6) is 1.58. The fourth-order valence-corrected chi connectivity index (χ4v) is 3.82.